The van der Waals surface area contributed by atoms with Gasteiger partial charge in [-0.1, -0.05) is 48.0 Å². The number of aliphatic hydroxyl groups is 1. The van der Waals surface area contributed by atoms with Gasteiger partial charge in [0.25, 0.3) is 0 Å². The number of halogens is 1. The molecule has 0 aliphatic carbocycles. The van der Waals surface area contributed by atoms with Crippen molar-refractivity contribution >= 4 is 11.6 Å². The van der Waals surface area contributed by atoms with E-state index in [1.165, 1.54) is 5.56 Å². The van der Waals surface area contributed by atoms with E-state index in [4.69, 9.17) is 11.6 Å². The largest absolute Gasteiger partial charge is 0.508 e. The summed E-state index contributed by atoms with van der Waals surface area (Å²) in [5, 5.41) is 20.4. The zero-order chi connectivity index (χ0) is 15.5. The summed E-state index contributed by atoms with van der Waals surface area (Å²) in [6.45, 7) is 2.65. The number of phenolic OH excluding ortho intramolecular Hbond substituents is 1. The van der Waals surface area contributed by atoms with Crippen molar-refractivity contribution in [1.82, 2.24) is 4.90 Å². The fraction of sp³-hybridized carbons (Fsp3) is 0.333. The third-order valence-electron chi connectivity index (χ3n) is 4.39. The Kier molecular flexibility index (Phi) is 4.67. The highest BCUT2D eigenvalue weighted by Gasteiger charge is 2.34. The van der Waals surface area contributed by atoms with Crippen molar-refractivity contribution in [3.05, 3.63) is 64.7 Å². The molecule has 3 nitrogen and oxygen atoms in total. The van der Waals surface area contributed by atoms with Crippen LogP contribution in [0.3, 0.4) is 0 Å². The second-order valence-corrected chi connectivity index (χ2v) is 6.37. The average molecular weight is 318 g/mol. The van der Waals surface area contributed by atoms with Gasteiger partial charge in [-0.3, -0.25) is 4.90 Å². The lowest BCUT2D eigenvalue weighted by Crippen LogP contribution is -2.20. The van der Waals surface area contributed by atoms with E-state index in [2.05, 4.69) is 17.0 Å². The van der Waals surface area contributed by atoms with Gasteiger partial charge in [-0.15, -0.1) is 0 Å². The van der Waals surface area contributed by atoms with Crippen LogP contribution in [0.1, 0.15) is 17.0 Å². The Labute approximate surface area is 135 Å². The molecule has 0 saturated carbocycles. The summed E-state index contributed by atoms with van der Waals surface area (Å²) in [4.78, 5) is 2.33. The maximum atomic E-state index is 10.2. The summed E-state index contributed by atoms with van der Waals surface area (Å²) in [6, 6.07) is 15.6. The quantitative estimate of drug-likeness (QED) is 0.909. The molecular weight excluding hydrogens is 298 g/mol. The van der Waals surface area contributed by atoms with Crippen LogP contribution in [0.2, 0.25) is 5.02 Å². The fourth-order valence-electron chi connectivity index (χ4n) is 3.30. The minimum Gasteiger partial charge on any atom is -0.508 e. The van der Waals surface area contributed by atoms with Crippen LogP contribution in [0.5, 0.6) is 5.75 Å². The number of hydrogen-bond acceptors (Lipinski definition) is 3. The van der Waals surface area contributed by atoms with Crippen molar-refractivity contribution in [2.45, 2.75) is 12.5 Å². The van der Waals surface area contributed by atoms with Gasteiger partial charge in [-0.05, 0) is 23.3 Å². The molecule has 1 aliphatic heterocycles. The molecule has 1 saturated heterocycles. The molecule has 0 amide bonds. The van der Waals surface area contributed by atoms with Crippen molar-refractivity contribution in [3.8, 4) is 5.75 Å². The molecule has 2 aromatic rings. The van der Waals surface area contributed by atoms with Crippen LogP contribution >= 0.6 is 11.6 Å². The molecule has 116 valence electrons. The summed E-state index contributed by atoms with van der Waals surface area (Å²) >= 11 is 5.91. The van der Waals surface area contributed by atoms with Gasteiger partial charge in [-0.2, -0.15) is 0 Å². The van der Waals surface area contributed by atoms with E-state index in [1.807, 2.05) is 24.3 Å². The number of phenols is 1. The first-order chi connectivity index (χ1) is 10.7. The van der Waals surface area contributed by atoms with Gasteiger partial charge in [-0.25, -0.2) is 0 Å². The van der Waals surface area contributed by atoms with E-state index in [0.717, 1.165) is 25.2 Å². The Bertz CT molecular complexity index is 632. The van der Waals surface area contributed by atoms with E-state index >= 15 is 0 Å². The first-order valence-electron chi connectivity index (χ1n) is 7.53. The molecule has 1 fully saturated rings. The Morgan fingerprint density at radius 2 is 1.86 bits per heavy atom. The molecule has 0 spiro atoms. The summed E-state index contributed by atoms with van der Waals surface area (Å²) < 4.78 is 0. The average Bonchev–Trinajstić information content (AvgIpc) is 2.91. The predicted octanol–water partition coefficient (Wildman–Crippen LogP) is 3.25. The standard InChI is InChI=1S/C18H20ClNO2/c19-15-6-7-16(18(22)8-15)17-11-20(10-14(17)12-21)9-13-4-2-1-3-5-13/h1-8,14,17,21-22H,9-12H2/t14-,17+/m1/s1. The molecule has 1 heterocycles. The second kappa shape index (κ2) is 6.69. The Hall–Kier alpha value is -1.55. The first-order valence-corrected chi connectivity index (χ1v) is 7.90. The predicted molar refractivity (Wildman–Crippen MR) is 88.2 cm³/mol. The highest BCUT2D eigenvalue weighted by molar-refractivity contribution is 6.30. The van der Waals surface area contributed by atoms with Gasteiger partial charge in [0.1, 0.15) is 5.75 Å². The van der Waals surface area contributed by atoms with Crippen LogP contribution in [-0.4, -0.2) is 34.8 Å². The molecule has 0 unspecified atom stereocenters. The zero-order valence-corrected chi connectivity index (χ0v) is 13.1. The van der Waals surface area contributed by atoms with E-state index in [1.54, 1.807) is 12.1 Å². The number of aromatic hydroxyl groups is 1. The molecule has 0 bridgehead atoms. The number of likely N-dealkylation sites (tertiary alicyclic amines) is 1. The molecule has 2 aromatic carbocycles. The van der Waals surface area contributed by atoms with E-state index in [0.29, 0.717) is 5.02 Å². The van der Waals surface area contributed by atoms with Gasteiger partial charge in [0.15, 0.2) is 0 Å². The molecule has 2 atom stereocenters. The highest BCUT2D eigenvalue weighted by Crippen LogP contribution is 2.38. The maximum absolute atomic E-state index is 10.2. The minimum atomic E-state index is 0.123. The van der Waals surface area contributed by atoms with Gasteiger partial charge >= 0.3 is 0 Å². The van der Waals surface area contributed by atoms with Crippen molar-refractivity contribution in [2.75, 3.05) is 19.7 Å². The van der Waals surface area contributed by atoms with Gasteiger partial charge in [0.2, 0.25) is 0 Å². The summed E-state index contributed by atoms with van der Waals surface area (Å²) in [5.41, 5.74) is 2.14. The lowest BCUT2D eigenvalue weighted by molar-refractivity contribution is 0.213. The number of aliphatic hydroxyl groups excluding tert-OH is 1. The van der Waals surface area contributed by atoms with Crippen molar-refractivity contribution in [2.24, 2.45) is 5.92 Å². The van der Waals surface area contributed by atoms with Crippen LogP contribution in [0.4, 0.5) is 0 Å². The summed E-state index contributed by atoms with van der Waals surface area (Å²) in [7, 11) is 0. The van der Waals surface area contributed by atoms with Crippen molar-refractivity contribution in [1.29, 1.82) is 0 Å². The van der Waals surface area contributed by atoms with Crippen LogP contribution in [0.15, 0.2) is 48.5 Å². The van der Waals surface area contributed by atoms with E-state index in [-0.39, 0.29) is 24.2 Å². The molecule has 1 aliphatic rings. The Morgan fingerprint density at radius 1 is 1.09 bits per heavy atom. The van der Waals surface area contributed by atoms with Crippen LogP contribution in [-0.2, 0) is 6.54 Å². The molecular formula is C18H20ClNO2. The smallest absolute Gasteiger partial charge is 0.120 e. The topological polar surface area (TPSA) is 43.7 Å². The Balaban J connectivity index is 1.77. The lowest BCUT2D eigenvalue weighted by atomic mass is 9.89. The summed E-state index contributed by atoms with van der Waals surface area (Å²) in [6.07, 6.45) is 0. The number of nitrogens with zero attached hydrogens (tertiary/aromatic N) is 1. The highest BCUT2D eigenvalue weighted by atomic mass is 35.5. The van der Waals surface area contributed by atoms with Gasteiger partial charge in [0, 0.05) is 43.1 Å². The number of hydrogen-bond donors (Lipinski definition) is 2. The second-order valence-electron chi connectivity index (χ2n) is 5.93. The Morgan fingerprint density at radius 3 is 2.55 bits per heavy atom. The molecule has 0 radical (unpaired) electrons. The molecule has 2 N–H and O–H groups in total. The third kappa shape index (κ3) is 3.27. The maximum Gasteiger partial charge on any atom is 0.120 e. The van der Waals surface area contributed by atoms with Crippen molar-refractivity contribution < 1.29 is 10.2 Å². The summed E-state index contributed by atoms with van der Waals surface area (Å²) in [5.74, 6) is 0.485. The zero-order valence-electron chi connectivity index (χ0n) is 12.3. The number of rotatable bonds is 4. The van der Waals surface area contributed by atoms with Crippen LogP contribution in [0, 0.1) is 5.92 Å². The van der Waals surface area contributed by atoms with E-state index < -0.39 is 0 Å². The SMILES string of the molecule is OC[C@H]1CN(Cc2ccccc2)C[C@@H]1c1ccc(Cl)cc1O. The molecule has 22 heavy (non-hydrogen) atoms. The monoisotopic (exact) mass is 317 g/mol. The molecule has 0 aromatic heterocycles. The van der Waals surface area contributed by atoms with E-state index in [9.17, 15) is 10.2 Å². The lowest BCUT2D eigenvalue weighted by Gasteiger charge is -2.18. The third-order valence-corrected chi connectivity index (χ3v) is 4.63. The normalized spacial score (nSPS) is 22.1. The molecule has 3 rings (SSSR count). The number of benzene rings is 2. The van der Waals surface area contributed by atoms with Crippen molar-refractivity contribution in [3.63, 3.8) is 0 Å². The van der Waals surface area contributed by atoms with Gasteiger partial charge < -0.3 is 10.2 Å². The minimum absolute atomic E-state index is 0.123. The van der Waals surface area contributed by atoms with Crippen LogP contribution in [0.25, 0.3) is 0 Å². The fourth-order valence-corrected chi connectivity index (χ4v) is 3.47. The van der Waals surface area contributed by atoms with Gasteiger partial charge in [0.05, 0.1) is 0 Å². The van der Waals surface area contributed by atoms with Crippen LogP contribution < -0.4 is 0 Å². The molecule has 4 heteroatoms. The first kappa shape index (κ1) is 15.3.